The predicted molar refractivity (Wildman–Crippen MR) is 169 cm³/mol. The molecule has 0 aliphatic carbocycles. The van der Waals surface area contributed by atoms with Crippen LogP contribution < -0.4 is 14.4 Å². The molecule has 0 spiro atoms. The zero-order chi connectivity index (χ0) is 30.5. The molecule has 11 heteroatoms. The first kappa shape index (κ1) is 28.4. The van der Waals surface area contributed by atoms with Crippen molar-refractivity contribution in [2.24, 2.45) is 0 Å². The van der Waals surface area contributed by atoms with Crippen molar-refractivity contribution < 1.29 is 26.8 Å². The number of halogens is 1. The highest BCUT2D eigenvalue weighted by molar-refractivity contribution is 7.92. The summed E-state index contributed by atoms with van der Waals surface area (Å²) >= 11 is 1.52. The van der Waals surface area contributed by atoms with Crippen LogP contribution in [-0.4, -0.2) is 46.8 Å². The number of thiophene rings is 1. The molecule has 0 radical (unpaired) electrons. The van der Waals surface area contributed by atoms with E-state index in [0.29, 0.717) is 39.1 Å². The topological polar surface area (TPSA) is 102 Å². The molecule has 43 heavy (non-hydrogen) atoms. The number of nitrogens with zero attached hydrogens (tertiary/aromatic N) is 2. The fourth-order valence-electron chi connectivity index (χ4n) is 5.12. The first-order valence-corrected chi connectivity index (χ1v) is 15.9. The molecular formula is C32H26FN3O5S2. The number of nitrogens with one attached hydrogen (secondary N) is 1. The van der Waals surface area contributed by atoms with Gasteiger partial charge in [-0.1, -0.05) is 6.07 Å². The molecule has 8 nitrogen and oxygen atoms in total. The summed E-state index contributed by atoms with van der Waals surface area (Å²) in [5, 5.41) is 6.12. The molecule has 0 saturated carbocycles. The molecule has 0 atom stereocenters. The highest BCUT2D eigenvalue weighted by Crippen LogP contribution is 2.44. The zero-order valence-electron chi connectivity index (χ0n) is 23.6. The molecule has 0 unspecified atom stereocenters. The smallest absolute Gasteiger partial charge is 0.255 e. The second-order valence-corrected chi connectivity index (χ2v) is 12.8. The average Bonchev–Trinajstić information content (AvgIpc) is 3.61. The van der Waals surface area contributed by atoms with E-state index in [1.807, 2.05) is 35.7 Å². The van der Waals surface area contributed by atoms with Crippen molar-refractivity contribution in [1.29, 1.82) is 0 Å². The second-order valence-electron chi connectivity index (χ2n) is 9.91. The van der Waals surface area contributed by atoms with E-state index in [1.54, 1.807) is 25.4 Å². The number of amides is 1. The van der Waals surface area contributed by atoms with Crippen molar-refractivity contribution in [1.82, 2.24) is 10.3 Å². The van der Waals surface area contributed by atoms with Gasteiger partial charge >= 0.3 is 0 Å². The van der Waals surface area contributed by atoms with Crippen LogP contribution in [0.1, 0.15) is 10.4 Å². The van der Waals surface area contributed by atoms with Crippen molar-refractivity contribution in [2.45, 2.75) is 0 Å². The molecule has 0 aliphatic rings. The van der Waals surface area contributed by atoms with E-state index in [4.69, 9.17) is 9.15 Å². The number of hydrogen-bond acceptors (Lipinski definition) is 7. The maximum Gasteiger partial charge on any atom is 0.255 e. The van der Waals surface area contributed by atoms with Crippen LogP contribution in [0.5, 0.6) is 5.75 Å². The molecule has 6 rings (SSSR count). The van der Waals surface area contributed by atoms with Crippen LogP contribution in [-0.2, 0) is 10.0 Å². The van der Waals surface area contributed by atoms with Gasteiger partial charge in [0.1, 0.15) is 27.7 Å². The number of carbonyl (C=O) groups excluding carboxylic acids is 1. The van der Waals surface area contributed by atoms with Gasteiger partial charge in [-0.2, -0.15) is 0 Å². The molecule has 1 amide bonds. The number of carbonyl (C=O) groups is 1. The van der Waals surface area contributed by atoms with Crippen LogP contribution in [0.25, 0.3) is 54.8 Å². The summed E-state index contributed by atoms with van der Waals surface area (Å²) < 4.78 is 52.4. The normalized spacial score (nSPS) is 11.7. The van der Waals surface area contributed by atoms with E-state index in [2.05, 4.69) is 10.3 Å². The quantitative estimate of drug-likeness (QED) is 0.209. The van der Waals surface area contributed by atoms with Crippen LogP contribution in [0.15, 0.2) is 82.7 Å². The lowest BCUT2D eigenvalue weighted by Crippen LogP contribution is -2.25. The zero-order valence-corrected chi connectivity index (χ0v) is 25.3. The predicted octanol–water partition coefficient (Wildman–Crippen LogP) is 6.95. The Morgan fingerprint density at radius 1 is 1.00 bits per heavy atom. The minimum absolute atomic E-state index is 0.243. The Labute approximate surface area is 251 Å². The highest BCUT2D eigenvalue weighted by Gasteiger charge is 2.26. The number of rotatable bonds is 7. The number of hydrogen-bond donors (Lipinski definition) is 1. The lowest BCUT2D eigenvalue weighted by atomic mass is 9.95. The molecule has 6 aromatic rings. The number of furan rings is 1. The van der Waals surface area contributed by atoms with Crippen molar-refractivity contribution in [3.63, 3.8) is 0 Å². The first-order valence-electron chi connectivity index (χ1n) is 13.1. The van der Waals surface area contributed by atoms with Crippen LogP contribution in [0.4, 0.5) is 10.1 Å². The van der Waals surface area contributed by atoms with Crippen molar-refractivity contribution in [3.8, 4) is 39.3 Å². The molecule has 0 fully saturated rings. The monoisotopic (exact) mass is 615 g/mol. The average molecular weight is 616 g/mol. The number of sulfonamides is 1. The third-order valence-electron chi connectivity index (χ3n) is 7.35. The molecule has 0 saturated heterocycles. The summed E-state index contributed by atoms with van der Waals surface area (Å²) in [7, 11) is 0.880. The van der Waals surface area contributed by atoms with Crippen molar-refractivity contribution in [3.05, 3.63) is 89.7 Å². The molecule has 3 aromatic heterocycles. The Hall–Kier alpha value is -4.74. The molecule has 1 N–H and O–H groups in total. The Balaban J connectivity index is 1.65. The Kier molecular flexibility index (Phi) is 7.15. The minimum Gasteiger partial charge on any atom is -0.496 e. The lowest BCUT2D eigenvalue weighted by Gasteiger charge is -2.21. The number of benzene rings is 3. The minimum atomic E-state index is -3.69. The van der Waals surface area contributed by atoms with Gasteiger partial charge in [0.2, 0.25) is 10.0 Å². The molecule has 3 aromatic carbocycles. The van der Waals surface area contributed by atoms with Crippen LogP contribution in [0.3, 0.4) is 0 Å². The van der Waals surface area contributed by atoms with Crippen LogP contribution in [0.2, 0.25) is 0 Å². The number of aromatic nitrogens is 1. The first-order chi connectivity index (χ1) is 20.6. The summed E-state index contributed by atoms with van der Waals surface area (Å²) in [6.07, 6.45) is 2.86. The number of fused-ring (bicyclic) bond motifs is 2. The maximum absolute atomic E-state index is 13.7. The van der Waals surface area contributed by atoms with E-state index in [1.165, 1.54) is 54.0 Å². The SMILES string of the molecule is CNC(=O)c1c(-c2ccc(F)cc2)oc2cc(N(C)S(C)(=O)=O)c(-c3ccc(OC)c(-c4csc5ncccc45)c3)cc12. The Morgan fingerprint density at radius 3 is 2.44 bits per heavy atom. The lowest BCUT2D eigenvalue weighted by molar-refractivity contribution is 0.0964. The summed E-state index contributed by atoms with van der Waals surface area (Å²) in [6, 6.07) is 18.5. The number of methoxy groups -OCH3 is 1. The van der Waals surface area contributed by atoms with Gasteiger partial charge in [0.15, 0.2) is 0 Å². The van der Waals surface area contributed by atoms with E-state index in [-0.39, 0.29) is 11.3 Å². The molecule has 3 heterocycles. The molecule has 218 valence electrons. The van der Waals surface area contributed by atoms with Crippen LogP contribution >= 0.6 is 11.3 Å². The summed E-state index contributed by atoms with van der Waals surface area (Å²) in [5.74, 6) is 0.0533. The van der Waals surface area contributed by atoms with E-state index < -0.39 is 21.7 Å². The van der Waals surface area contributed by atoms with Gasteiger partial charge in [-0.15, -0.1) is 11.3 Å². The van der Waals surface area contributed by atoms with E-state index in [0.717, 1.165) is 27.6 Å². The van der Waals surface area contributed by atoms with Gasteiger partial charge in [0.05, 0.1) is 24.6 Å². The summed E-state index contributed by atoms with van der Waals surface area (Å²) in [6.45, 7) is 0. The number of pyridine rings is 1. The number of anilines is 1. The second kappa shape index (κ2) is 10.8. The fourth-order valence-corrected chi connectivity index (χ4v) is 6.54. The third kappa shape index (κ3) is 5.00. The van der Waals surface area contributed by atoms with Gasteiger partial charge in [0, 0.05) is 64.8 Å². The fraction of sp³-hybridized carbons (Fsp3) is 0.125. The van der Waals surface area contributed by atoms with Gasteiger partial charge in [-0.3, -0.25) is 9.10 Å². The van der Waals surface area contributed by atoms with E-state index in [9.17, 15) is 17.6 Å². The Bertz CT molecular complexity index is 2140. The van der Waals surface area contributed by atoms with Gasteiger partial charge in [-0.25, -0.2) is 17.8 Å². The van der Waals surface area contributed by atoms with Crippen LogP contribution in [0, 0.1) is 5.82 Å². The largest absolute Gasteiger partial charge is 0.496 e. The molecule has 0 aliphatic heterocycles. The molecular weight excluding hydrogens is 590 g/mol. The Morgan fingerprint density at radius 2 is 1.74 bits per heavy atom. The third-order valence-corrected chi connectivity index (χ3v) is 9.45. The van der Waals surface area contributed by atoms with Gasteiger partial charge in [-0.05, 0) is 60.2 Å². The van der Waals surface area contributed by atoms with E-state index >= 15 is 0 Å². The van der Waals surface area contributed by atoms with Crippen molar-refractivity contribution in [2.75, 3.05) is 31.8 Å². The van der Waals surface area contributed by atoms with Gasteiger partial charge in [0.25, 0.3) is 5.91 Å². The van der Waals surface area contributed by atoms with Crippen molar-refractivity contribution >= 4 is 54.1 Å². The summed E-state index contributed by atoms with van der Waals surface area (Å²) in [4.78, 5) is 18.6. The molecule has 0 bridgehead atoms. The highest BCUT2D eigenvalue weighted by atomic mass is 32.2. The summed E-state index contributed by atoms with van der Waals surface area (Å²) in [5.41, 5.74) is 4.39. The van der Waals surface area contributed by atoms with Gasteiger partial charge < -0.3 is 14.5 Å². The standard InChI is InChI=1S/C32H26FN3O5S2/c1-34-31(37)29-24-15-22(19-9-12-27(40-3)23(14-19)25-17-42-32-21(25)6-5-13-35-32)26(36(2)43(4,38)39)16-28(24)41-30(29)18-7-10-20(33)11-8-18/h5-17H,1-4H3,(H,34,37). The number of ether oxygens (including phenoxy) is 1. The maximum atomic E-state index is 13.7.